The highest BCUT2D eigenvalue weighted by molar-refractivity contribution is 5.70. The van der Waals surface area contributed by atoms with Crippen LogP contribution in [0, 0.1) is 22.7 Å². The average molecular weight is 182 g/mol. The molecule has 0 fully saturated rings. The van der Waals surface area contributed by atoms with E-state index in [0.29, 0.717) is 5.56 Å². The Morgan fingerprint density at radius 3 is 3.00 bits per heavy atom. The summed E-state index contributed by atoms with van der Waals surface area (Å²) in [6, 6.07) is 5.43. The molecule has 0 amide bonds. The van der Waals surface area contributed by atoms with Crippen LogP contribution in [0.2, 0.25) is 0 Å². The standard InChI is InChI=1S/C10H6N4/c11-4-7-3-10-9(13-6-7)2-1-8(5-12)14-10/h1-3,6,8,14H. The molecule has 1 aliphatic rings. The number of pyridine rings is 1. The van der Waals surface area contributed by atoms with Gasteiger partial charge < -0.3 is 5.32 Å². The Morgan fingerprint density at radius 2 is 2.29 bits per heavy atom. The Bertz CT molecular complexity index is 476. The first-order chi connectivity index (χ1) is 6.83. The Balaban J connectivity index is 2.44. The van der Waals surface area contributed by atoms with Crippen molar-refractivity contribution in [2.24, 2.45) is 0 Å². The van der Waals surface area contributed by atoms with E-state index in [2.05, 4.69) is 16.4 Å². The van der Waals surface area contributed by atoms with Crippen molar-refractivity contribution in [1.29, 1.82) is 10.5 Å². The van der Waals surface area contributed by atoms with Gasteiger partial charge in [0, 0.05) is 6.20 Å². The molecule has 2 heterocycles. The summed E-state index contributed by atoms with van der Waals surface area (Å²) < 4.78 is 0. The van der Waals surface area contributed by atoms with E-state index in [4.69, 9.17) is 10.5 Å². The van der Waals surface area contributed by atoms with Crippen LogP contribution >= 0.6 is 0 Å². The Kier molecular flexibility index (Phi) is 1.89. The Labute approximate surface area is 81.1 Å². The van der Waals surface area contributed by atoms with Crippen LogP contribution in [-0.2, 0) is 0 Å². The van der Waals surface area contributed by atoms with Crippen molar-refractivity contribution in [2.45, 2.75) is 6.04 Å². The molecule has 0 spiro atoms. The molecule has 1 unspecified atom stereocenters. The van der Waals surface area contributed by atoms with E-state index in [1.54, 1.807) is 18.2 Å². The molecule has 0 saturated heterocycles. The van der Waals surface area contributed by atoms with Crippen LogP contribution in [0.5, 0.6) is 0 Å². The number of nitriles is 2. The fourth-order valence-corrected chi connectivity index (χ4v) is 1.26. The third kappa shape index (κ3) is 1.30. The normalized spacial score (nSPS) is 17.4. The quantitative estimate of drug-likeness (QED) is 0.656. The van der Waals surface area contributed by atoms with Crippen LogP contribution in [0.25, 0.3) is 6.08 Å². The molecule has 4 nitrogen and oxygen atoms in total. The van der Waals surface area contributed by atoms with Gasteiger partial charge in [0.05, 0.1) is 23.0 Å². The van der Waals surface area contributed by atoms with Gasteiger partial charge in [-0.25, -0.2) is 0 Å². The lowest BCUT2D eigenvalue weighted by Gasteiger charge is -2.15. The topological polar surface area (TPSA) is 72.5 Å². The number of fused-ring (bicyclic) bond motifs is 1. The number of nitrogens with zero attached hydrogens (tertiary/aromatic N) is 3. The molecular weight excluding hydrogens is 176 g/mol. The van der Waals surface area contributed by atoms with Crippen LogP contribution in [-0.4, -0.2) is 11.0 Å². The predicted octanol–water partition coefficient (Wildman–Crippen LogP) is 1.28. The van der Waals surface area contributed by atoms with Crippen LogP contribution in [0.4, 0.5) is 5.69 Å². The van der Waals surface area contributed by atoms with Crippen molar-refractivity contribution < 1.29 is 0 Å². The van der Waals surface area contributed by atoms with Crippen LogP contribution in [0.3, 0.4) is 0 Å². The summed E-state index contributed by atoms with van der Waals surface area (Å²) in [5, 5.41) is 20.3. The molecule has 2 rings (SSSR count). The molecule has 1 aromatic rings. The molecule has 1 atom stereocenters. The first kappa shape index (κ1) is 8.28. The second-order valence-electron chi connectivity index (χ2n) is 2.88. The molecule has 0 saturated carbocycles. The van der Waals surface area contributed by atoms with Gasteiger partial charge in [0.15, 0.2) is 0 Å². The molecule has 66 valence electrons. The monoisotopic (exact) mass is 182 g/mol. The summed E-state index contributed by atoms with van der Waals surface area (Å²) >= 11 is 0. The van der Waals surface area contributed by atoms with Crippen molar-refractivity contribution in [2.75, 3.05) is 5.32 Å². The molecule has 14 heavy (non-hydrogen) atoms. The number of aromatic nitrogens is 1. The first-order valence-electron chi connectivity index (χ1n) is 4.08. The van der Waals surface area contributed by atoms with E-state index in [0.717, 1.165) is 11.4 Å². The predicted molar refractivity (Wildman–Crippen MR) is 51.0 cm³/mol. The zero-order chi connectivity index (χ0) is 9.97. The number of anilines is 1. The molecule has 1 aromatic heterocycles. The van der Waals surface area contributed by atoms with Crippen molar-refractivity contribution in [3.8, 4) is 12.1 Å². The lowest BCUT2D eigenvalue weighted by Crippen LogP contribution is -2.18. The van der Waals surface area contributed by atoms with Crippen LogP contribution in [0.15, 0.2) is 18.3 Å². The Morgan fingerprint density at radius 1 is 1.43 bits per heavy atom. The molecule has 4 heteroatoms. The third-order valence-electron chi connectivity index (χ3n) is 1.94. The highest BCUT2D eigenvalue weighted by Gasteiger charge is 2.12. The summed E-state index contributed by atoms with van der Waals surface area (Å²) in [7, 11) is 0. The van der Waals surface area contributed by atoms with Gasteiger partial charge in [0.25, 0.3) is 0 Å². The number of rotatable bonds is 0. The number of hydrogen-bond acceptors (Lipinski definition) is 4. The van der Waals surface area contributed by atoms with E-state index in [9.17, 15) is 0 Å². The number of hydrogen-bond donors (Lipinski definition) is 1. The lowest BCUT2D eigenvalue weighted by molar-refractivity contribution is 1.09. The first-order valence-corrected chi connectivity index (χ1v) is 4.08. The molecule has 0 bridgehead atoms. The van der Waals surface area contributed by atoms with E-state index < -0.39 is 0 Å². The zero-order valence-electron chi connectivity index (χ0n) is 7.23. The maximum Gasteiger partial charge on any atom is 0.133 e. The summed E-state index contributed by atoms with van der Waals surface area (Å²) in [5.74, 6) is 0. The maximum absolute atomic E-state index is 8.69. The molecule has 0 radical (unpaired) electrons. The fraction of sp³-hybridized carbons (Fsp3) is 0.100. The third-order valence-corrected chi connectivity index (χ3v) is 1.94. The fourth-order valence-electron chi connectivity index (χ4n) is 1.26. The molecule has 0 aliphatic carbocycles. The lowest BCUT2D eigenvalue weighted by atomic mass is 10.1. The minimum absolute atomic E-state index is 0.335. The van der Waals surface area contributed by atoms with Gasteiger partial charge >= 0.3 is 0 Å². The van der Waals surface area contributed by atoms with Crippen LogP contribution < -0.4 is 5.32 Å². The Hall–Kier alpha value is -2.33. The van der Waals surface area contributed by atoms with E-state index in [1.807, 2.05) is 6.07 Å². The summed E-state index contributed by atoms with van der Waals surface area (Å²) in [4.78, 5) is 4.08. The summed E-state index contributed by atoms with van der Waals surface area (Å²) in [5.41, 5.74) is 1.98. The second-order valence-corrected chi connectivity index (χ2v) is 2.88. The highest BCUT2D eigenvalue weighted by Crippen LogP contribution is 2.21. The molecule has 1 aliphatic heterocycles. The van der Waals surface area contributed by atoms with Crippen molar-refractivity contribution in [3.05, 3.63) is 29.6 Å². The maximum atomic E-state index is 8.69. The van der Waals surface area contributed by atoms with Gasteiger partial charge in [-0.15, -0.1) is 0 Å². The highest BCUT2D eigenvalue weighted by atomic mass is 14.9. The van der Waals surface area contributed by atoms with Crippen molar-refractivity contribution >= 4 is 11.8 Å². The second kappa shape index (κ2) is 3.20. The van der Waals surface area contributed by atoms with Crippen molar-refractivity contribution in [1.82, 2.24) is 4.98 Å². The zero-order valence-corrected chi connectivity index (χ0v) is 7.23. The average Bonchev–Trinajstić information content (AvgIpc) is 2.27. The van der Waals surface area contributed by atoms with Gasteiger partial charge in [-0.2, -0.15) is 10.5 Å². The molecule has 0 aromatic carbocycles. The van der Waals surface area contributed by atoms with Gasteiger partial charge in [-0.1, -0.05) is 0 Å². The molecular formula is C10H6N4. The van der Waals surface area contributed by atoms with E-state index in [-0.39, 0.29) is 6.04 Å². The number of nitrogens with one attached hydrogen (secondary N) is 1. The van der Waals surface area contributed by atoms with Gasteiger partial charge in [0.1, 0.15) is 12.1 Å². The van der Waals surface area contributed by atoms with Crippen LogP contribution in [0.1, 0.15) is 11.3 Å². The minimum atomic E-state index is -0.335. The molecule has 1 N–H and O–H groups in total. The van der Waals surface area contributed by atoms with Gasteiger partial charge in [-0.3, -0.25) is 4.98 Å². The van der Waals surface area contributed by atoms with E-state index >= 15 is 0 Å². The smallest absolute Gasteiger partial charge is 0.133 e. The summed E-state index contributed by atoms with van der Waals surface area (Å²) in [6.07, 6.45) is 5.03. The SMILES string of the molecule is N#Cc1cnc2c(c1)NC(C#N)C=C2. The van der Waals surface area contributed by atoms with Crippen molar-refractivity contribution in [3.63, 3.8) is 0 Å². The van der Waals surface area contributed by atoms with Gasteiger partial charge in [0.2, 0.25) is 0 Å². The largest absolute Gasteiger partial charge is 0.365 e. The van der Waals surface area contributed by atoms with Gasteiger partial charge in [-0.05, 0) is 18.2 Å². The summed E-state index contributed by atoms with van der Waals surface area (Å²) in [6.45, 7) is 0. The van der Waals surface area contributed by atoms with E-state index in [1.165, 1.54) is 6.20 Å². The minimum Gasteiger partial charge on any atom is -0.365 e.